The third-order valence-corrected chi connectivity index (χ3v) is 4.14. The van der Waals surface area contributed by atoms with E-state index in [4.69, 9.17) is 9.47 Å². The Morgan fingerprint density at radius 2 is 1.82 bits per heavy atom. The Balaban J connectivity index is 1.65. The smallest absolute Gasteiger partial charge is 0.309 e. The van der Waals surface area contributed by atoms with Crippen molar-refractivity contribution in [1.29, 1.82) is 0 Å². The summed E-state index contributed by atoms with van der Waals surface area (Å²) in [5.41, 5.74) is 0. The summed E-state index contributed by atoms with van der Waals surface area (Å²) in [6.07, 6.45) is 5.14. The molecule has 1 atom stereocenters. The molecule has 3 N–H and O–H groups in total. The molecule has 1 saturated carbocycles. The third kappa shape index (κ3) is 4.93. The number of nitrogens with one attached hydrogen (secondary N) is 3. The van der Waals surface area contributed by atoms with Gasteiger partial charge < -0.3 is 25.0 Å². The van der Waals surface area contributed by atoms with Crippen molar-refractivity contribution in [3.05, 3.63) is 0 Å². The Bertz CT molecular complexity index is 394. The predicted octanol–water partition coefficient (Wildman–Crippen LogP) is -1.56. The fourth-order valence-corrected chi connectivity index (χ4v) is 2.86. The van der Waals surface area contributed by atoms with E-state index in [1.54, 1.807) is 0 Å². The summed E-state index contributed by atoms with van der Waals surface area (Å²) >= 11 is 0. The molecule has 0 radical (unpaired) electrons. The van der Waals surface area contributed by atoms with Gasteiger partial charge in [0.15, 0.2) is 5.79 Å². The Labute approximate surface area is 131 Å². The third-order valence-electron chi connectivity index (χ3n) is 4.14. The second kappa shape index (κ2) is 7.89. The number of carbonyl (C=O) groups is 2. The highest BCUT2D eigenvalue weighted by Crippen LogP contribution is 2.37. The predicted molar refractivity (Wildman–Crippen MR) is 80.3 cm³/mol. The molecule has 1 aliphatic carbocycles. The molecule has 7 heteroatoms. The molecule has 22 heavy (non-hydrogen) atoms. The number of likely N-dealkylation sites (N-methyl/N-ethyl adjacent to an activating group) is 1. The van der Waals surface area contributed by atoms with Gasteiger partial charge in [-0.05, 0) is 12.8 Å². The summed E-state index contributed by atoms with van der Waals surface area (Å²) in [4.78, 5) is 24.6. The number of amides is 2. The molecule has 2 amide bonds. The van der Waals surface area contributed by atoms with Crippen molar-refractivity contribution >= 4 is 11.8 Å². The monoisotopic (exact) mass is 314 g/mol. The maximum absolute atomic E-state index is 11.7. The van der Waals surface area contributed by atoms with Gasteiger partial charge in [0, 0.05) is 19.4 Å². The molecule has 0 aromatic heterocycles. The maximum Gasteiger partial charge on any atom is 0.309 e. The van der Waals surface area contributed by atoms with E-state index >= 15 is 0 Å². The first-order valence-electron chi connectivity index (χ1n) is 8.18. The zero-order valence-corrected chi connectivity index (χ0v) is 13.6. The van der Waals surface area contributed by atoms with Crippen LogP contribution in [0.15, 0.2) is 0 Å². The van der Waals surface area contributed by atoms with Gasteiger partial charge >= 0.3 is 11.8 Å². The lowest BCUT2D eigenvalue weighted by Gasteiger charge is -2.31. The van der Waals surface area contributed by atoms with E-state index in [1.165, 1.54) is 11.3 Å². The number of carbonyl (C=O) groups excluding carboxylic acids is 2. The van der Waals surface area contributed by atoms with Crippen LogP contribution < -0.4 is 15.5 Å². The number of quaternary nitrogens is 1. The molecule has 0 bridgehead atoms. The average Bonchev–Trinajstić information content (AvgIpc) is 2.87. The van der Waals surface area contributed by atoms with Crippen molar-refractivity contribution in [3.63, 3.8) is 0 Å². The van der Waals surface area contributed by atoms with Gasteiger partial charge in [-0.25, -0.2) is 0 Å². The van der Waals surface area contributed by atoms with E-state index in [2.05, 4.69) is 10.6 Å². The first kappa shape index (κ1) is 17.2. The lowest BCUT2D eigenvalue weighted by molar-refractivity contribution is -0.856. The Morgan fingerprint density at radius 3 is 2.50 bits per heavy atom. The van der Waals surface area contributed by atoms with Crippen LogP contribution in [-0.4, -0.2) is 64.0 Å². The number of hydrogen-bond acceptors (Lipinski definition) is 4. The molecule has 2 aliphatic rings. The normalized spacial score (nSPS) is 23.7. The Hall–Kier alpha value is -1.18. The molecule has 1 spiro atoms. The van der Waals surface area contributed by atoms with Crippen molar-refractivity contribution in [2.75, 3.05) is 40.3 Å². The van der Waals surface area contributed by atoms with Crippen LogP contribution in [0, 0.1) is 0 Å². The van der Waals surface area contributed by atoms with Crippen LogP contribution in [0.5, 0.6) is 0 Å². The molecule has 7 nitrogen and oxygen atoms in total. The summed E-state index contributed by atoms with van der Waals surface area (Å²) in [6, 6.07) is 0. The van der Waals surface area contributed by atoms with Crippen LogP contribution in [0.25, 0.3) is 0 Å². The van der Waals surface area contributed by atoms with E-state index in [-0.39, 0.29) is 6.10 Å². The highest BCUT2D eigenvalue weighted by molar-refractivity contribution is 6.35. The van der Waals surface area contributed by atoms with Gasteiger partial charge in [0.25, 0.3) is 0 Å². The molecular formula is C15H28N3O4+. The van der Waals surface area contributed by atoms with Crippen LogP contribution in [0.1, 0.15) is 32.1 Å². The van der Waals surface area contributed by atoms with E-state index in [9.17, 15) is 9.59 Å². The highest BCUT2D eigenvalue weighted by atomic mass is 16.7. The fourth-order valence-electron chi connectivity index (χ4n) is 2.86. The minimum Gasteiger partial charge on any atom is -0.347 e. The highest BCUT2D eigenvalue weighted by Gasteiger charge is 2.42. The molecule has 126 valence electrons. The first-order chi connectivity index (χ1) is 10.5. The molecule has 1 heterocycles. The minimum absolute atomic E-state index is 0.166. The zero-order chi connectivity index (χ0) is 16.0. The molecule has 1 saturated heterocycles. The van der Waals surface area contributed by atoms with Crippen LogP contribution in [0.2, 0.25) is 0 Å². The summed E-state index contributed by atoms with van der Waals surface area (Å²) in [5.74, 6) is -1.64. The molecule has 2 rings (SSSR count). The lowest BCUT2D eigenvalue weighted by atomic mass is 9.94. The second-order valence-corrected chi connectivity index (χ2v) is 6.45. The van der Waals surface area contributed by atoms with E-state index < -0.39 is 17.6 Å². The van der Waals surface area contributed by atoms with Gasteiger partial charge in [-0.1, -0.05) is 6.42 Å². The quantitative estimate of drug-likeness (QED) is 0.536. The largest absolute Gasteiger partial charge is 0.347 e. The minimum atomic E-state index is -0.609. The van der Waals surface area contributed by atoms with Crippen molar-refractivity contribution in [1.82, 2.24) is 10.6 Å². The van der Waals surface area contributed by atoms with Crippen molar-refractivity contribution < 1.29 is 24.0 Å². The number of hydrogen-bond donors (Lipinski definition) is 3. The Morgan fingerprint density at radius 1 is 1.14 bits per heavy atom. The number of ether oxygens (including phenoxy) is 2. The van der Waals surface area contributed by atoms with Gasteiger partial charge in [0.1, 0.15) is 6.10 Å². The lowest BCUT2D eigenvalue weighted by Crippen LogP contribution is -3.06. The number of rotatable bonds is 5. The fraction of sp³-hybridized carbons (Fsp3) is 0.867. The molecule has 2 fully saturated rings. The van der Waals surface area contributed by atoms with Gasteiger partial charge in [0.2, 0.25) is 0 Å². The first-order valence-corrected chi connectivity index (χ1v) is 8.18. The van der Waals surface area contributed by atoms with Crippen LogP contribution in [0.3, 0.4) is 0 Å². The second-order valence-electron chi connectivity index (χ2n) is 6.45. The topological polar surface area (TPSA) is 81.1 Å². The molecule has 0 aromatic rings. The zero-order valence-electron chi connectivity index (χ0n) is 13.6. The SMILES string of the molecule is C[NH+](C)CCNC(=O)C(=O)NC[C@H]1COC2(CCCCC2)O1. The molecule has 0 aromatic carbocycles. The van der Waals surface area contributed by atoms with Crippen LogP contribution in [-0.2, 0) is 19.1 Å². The van der Waals surface area contributed by atoms with Crippen molar-refractivity contribution in [2.45, 2.75) is 44.0 Å². The van der Waals surface area contributed by atoms with Gasteiger partial charge in [-0.3, -0.25) is 9.59 Å². The van der Waals surface area contributed by atoms with Crippen LogP contribution in [0.4, 0.5) is 0 Å². The van der Waals surface area contributed by atoms with Gasteiger partial charge in [0.05, 0.1) is 33.8 Å². The maximum atomic E-state index is 11.7. The molecule has 0 unspecified atom stereocenters. The summed E-state index contributed by atoms with van der Waals surface area (Å²) in [5, 5.41) is 5.22. The van der Waals surface area contributed by atoms with Crippen LogP contribution >= 0.6 is 0 Å². The summed E-state index contributed by atoms with van der Waals surface area (Å²) in [6.45, 7) is 2.06. The summed E-state index contributed by atoms with van der Waals surface area (Å²) in [7, 11) is 3.98. The average molecular weight is 314 g/mol. The Kier molecular flexibility index (Phi) is 6.16. The summed E-state index contributed by atoms with van der Waals surface area (Å²) < 4.78 is 11.8. The standard InChI is InChI=1S/C15H27N3O4/c1-18(2)9-8-16-13(19)14(20)17-10-12-11-21-15(22-12)6-4-3-5-7-15/h12H,3-11H2,1-2H3,(H,16,19)(H,17,20)/p+1/t12-/m0/s1. The molecular weight excluding hydrogens is 286 g/mol. The van der Waals surface area contributed by atoms with E-state index in [1.807, 2.05) is 14.1 Å². The van der Waals surface area contributed by atoms with Crippen molar-refractivity contribution in [3.8, 4) is 0 Å². The van der Waals surface area contributed by atoms with Gasteiger partial charge in [-0.2, -0.15) is 0 Å². The molecule has 1 aliphatic heterocycles. The van der Waals surface area contributed by atoms with Crippen molar-refractivity contribution in [2.24, 2.45) is 0 Å². The van der Waals surface area contributed by atoms with E-state index in [0.29, 0.717) is 19.7 Å². The van der Waals surface area contributed by atoms with Gasteiger partial charge in [-0.15, -0.1) is 0 Å². The van der Waals surface area contributed by atoms with E-state index in [0.717, 1.165) is 32.2 Å².